The van der Waals surface area contributed by atoms with Gasteiger partial charge in [0.15, 0.2) is 5.58 Å². The molecule has 0 aliphatic rings. The van der Waals surface area contributed by atoms with Crippen molar-refractivity contribution in [2.24, 2.45) is 0 Å². The third kappa shape index (κ3) is 6.99. The summed E-state index contributed by atoms with van der Waals surface area (Å²) in [6, 6.07) is 12.5. The van der Waals surface area contributed by atoms with Crippen LogP contribution < -0.4 is 15.0 Å². The summed E-state index contributed by atoms with van der Waals surface area (Å²) in [7, 11) is 3.86. The molecule has 2 aromatic carbocycles. The Balaban J connectivity index is 1.50. The molecule has 0 aliphatic heterocycles. The lowest BCUT2D eigenvalue weighted by atomic mass is 10.0. The van der Waals surface area contributed by atoms with E-state index in [1.165, 1.54) is 6.07 Å². The van der Waals surface area contributed by atoms with E-state index in [0.29, 0.717) is 22.7 Å². The quantitative estimate of drug-likeness (QED) is 0.206. The zero-order valence-corrected chi connectivity index (χ0v) is 21.0. The highest BCUT2D eigenvalue weighted by Gasteiger charge is 2.85. The molecule has 6 nitrogen and oxygen atoms in total. The summed E-state index contributed by atoms with van der Waals surface area (Å²) in [4.78, 5) is 6.30. The smallest absolute Gasteiger partial charge is 0.435 e. The van der Waals surface area contributed by atoms with Crippen molar-refractivity contribution in [1.29, 1.82) is 0 Å². The number of benzene rings is 2. The van der Waals surface area contributed by atoms with Gasteiger partial charge in [-0.2, -0.15) is 39.5 Å². The molecule has 0 saturated heterocycles. The van der Waals surface area contributed by atoms with E-state index >= 15 is 0 Å². The van der Waals surface area contributed by atoms with Crippen LogP contribution in [0.1, 0.15) is 11.5 Å². The Kier molecular flexibility index (Phi) is 9.29. The molecule has 40 heavy (non-hydrogen) atoms. The molecule has 0 amide bonds. The van der Waals surface area contributed by atoms with Gasteiger partial charge in [0.25, 0.3) is 0 Å². The van der Waals surface area contributed by atoms with Gasteiger partial charge in [-0.3, -0.25) is 0 Å². The van der Waals surface area contributed by atoms with Crippen LogP contribution in [0.3, 0.4) is 0 Å². The van der Waals surface area contributed by atoms with Crippen molar-refractivity contribution in [2.45, 2.75) is 24.1 Å². The van der Waals surface area contributed by atoms with Crippen LogP contribution in [0.2, 0.25) is 0 Å². The third-order valence-electron chi connectivity index (χ3n) is 5.55. The first-order valence-corrected chi connectivity index (χ1v) is 11.6. The lowest BCUT2D eigenvalue weighted by molar-refractivity contribution is -0.457. The van der Waals surface area contributed by atoms with Crippen LogP contribution in [0.5, 0.6) is 5.75 Å². The number of anilines is 1. The van der Waals surface area contributed by atoms with E-state index in [2.05, 4.69) is 15.0 Å². The number of nitrogens with one attached hydrogen (secondary N) is 1. The van der Waals surface area contributed by atoms with Gasteiger partial charge < -0.3 is 24.1 Å². The van der Waals surface area contributed by atoms with Gasteiger partial charge in [0, 0.05) is 45.0 Å². The molecule has 1 N–H and O–H groups in total. The van der Waals surface area contributed by atoms with E-state index in [0.717, 1.165) is 11.3 Å². The van der Waals surface area contributed by atoms with Crippen molar-refractivity contribution in [1.82, 2.24) is 10.3 Å². The molecule has 0 radical (unpaired) electrons. The molecule has 0 fully saturated rings. The molecule has 15 heteroatoms. The SMILES string of the molecule is CN(C)c1ccc(/C=C/c2nc3ccc(OCCNCCOC(C(F)(F)F)(C(F)(F)F)C(F)(F)F)cc3o2)cc1. The largest absolute Gasteiger partial charge is 0.492 e. The summed E-state index contributed by atoms with van der Waals surface area (Å²) < 4.78 is 130. The van der Waals surface area contributed by atoms with E-state index in [1.54, 1.807) is 18.2 Å². The number of ether oxygens (including phenoxy) is 2. The first kappa shape index (κ1) is 31.1. The van der Waals surface area contributed by atoms with Crippen LogP contribution in [0.4, 0.5) is 45.2 Å². The van der Waals surface area contributed by atoms with Gasteiger partial charge in [0.1, 0.15) is 17.9 Å². The van der Waals surface area contributed by atoms with E-state index in [1.807, 2.05) is 49.3 Å². The van der Waals surface area contributed by atoms with Gasteiger partial charge in [-0.1, -0.05) is 12.1 Å². The van der Waals surface area contributed by atoms with Crippen LogP contribution in [0.25, 0.3) is 23.3 Å². The maximum atomic E-state index is 12.8. The van der Waals surface area contributed by atoms with Gasteiger partial charge >= 0.3 is 24.1 Å². The van der Waals surface area contributed by atoms with Crippen molar-refractivity contribution in [3.8, 4) is 5.75 Å². The number of aromatic nitrogens is 1. The Morgan fingerprint density at radius 1 is 0.825 bits per heavy atom. The summed E-state index contributed by atoms with van der Waals surface area (Å²) in [5.41, 5.74) is -3.39. The van der Waals surface area contributed by atoms with Gasteiger partial charge in [-0.25, -0.2) is 4.98 Å². The summed E-state index contributed by atoms with van der Waals surface area (Å²) in [5, 5.41) is 2.37. The van der Waals surface area contributed by atoms with E-state index < -0.39 is 37.3 Å². The topological polar surface area (TPSA) is 59.8 Å². The van der Waals surface area contributed by atoms with Crippen LogP contribution >= 0.6 is 0 Å². The molecular formula is C25H24F9N3O3. The predicted octanol–water partition coefficient (Wildman–Crippen LogP) is 6.47. The Bertz CT molecular complexity index is 1250. The predicted molar refractivity (Wildman–Crippen MR) is 129 cm³/mol. The van der Waals surface area contributed by atoms with Crippen molar-refractivity contribution < 1.29 is 53.4 Å². The second-order valence-electron chi connectivity index (χ2n) is 8.62. The third-order valence-corrected chi connectivity index (χ3v) is 5.55. The highest BCUT2D eigenvalue weighted by Crippen LogP contribution is 2.54. The molecule has 3 rings (SSSR count). The van der Waals surface area contributed by atoms with Crippen LogP contribution in [0, 0.1) is 0 Å². The first-order valence-electron chi connectivity index (χ1n) is 11.6. The normalized spacial score (nSPS) is 13.4. The number of hydrogen-bond donors (Lipinski definition) is 1. The fraction of sp³-hybridized carbons (Fsp3) is 0.400. The minimum absolute atomic E-state index is 0.113. The molecule has 0 spiro atoms. The fourth-order valence-corrected chi connectivity index (χ4v) is 3.50. The van der Waals surface area contributed by atoms with Crippen molar-refractivity contribution in [3.63, 3.8) is 0 Å². The summed E-state index contributed by atoms with van der Waals surface area (Å²) in [6.45, 7) is -2.48. The molecule has 0 saturated carbocycles. The molecule has 0 unspecified atom stereocenters. The van der Waals surface area contributed by atoms with E-state index in [9.17, 15) is 39.5 Å². The van der Waals surface area contributed by atoms with Gasteiger partial charge in [-0.05, 0) is 35.9 Å². The van der Waals surface area contributed by atoms with Crippen molar-refractivity contribution in [2.75, 3.05) is 45.3 Å². The van der Waals surface area contributed by atoms with Gasteiger partial charge in [-0.15, -0.1) is 0 Å². The second-order valence-corrected chi connectivity index (χ2v) is 8.62. The zero-order valence-electron chi connectivity index (χ0n) is 21.0. The van der Waals surface area contributed by atoms with E-state index in [4.69, 9.17) is 9.15 Å². The number of hydrogen-bond acceptors (Lipinski definition) is 6. The van der Waals surface area contributed by atoms with Crippen LogP contribution in [-0.4, -0.2) is 69.5 Å². The number of halogens is 9. The number of alkyl halides is 9. The Hall–Kier alpha value is -3.46. The van der Waals surface area contributed by atoms with Crippen LogP contribution in [-0.2, 0) is 4.74 Å². The lowest BCUT2D eigenvalue weighted by Crippen LogP contribution is -2.68. The highest BCUT2D eigenvalue weighted by molar-refractivity contribution is 5.77. The second kappa shape index (κ2) is 12.0. The maximum absolute atomic E-state index is 12.8. The summed E-state index contributed by atoms with van der Waals surface area (Å²) in [6.07, 6.45) is -16.8. The number of fused-ring (bicyclic) bond motifs is 1. The number of oxazole rings is 1. The first-order chi connectivity index (χ1) is 18.5. The summed E-state index contributed by atoms with van der Waals surface area (Å²) in [5.74, 6) is 0.653. The fourth-order valence-electron chi connectivity index (χ4n) is 3.50. The monoisotopic (exact) mass is 585 g/mol. The minimum Gasteiger partial charge on any atom is -0.492 e. The number of nitrogens with zero attached hydrogens (tertiary/aromatic N) is 2. The van der Waals surface area contributed by atoms with Crippen molar-refractivity contribution >= 4 is 28.9 Å². The molecule has 0 atom stereocenters. The van der Waals surface area contributed by atoms with Crippen molar-refractivity contribution in [3.05, 3.63) is 53.9 Å². The average molecular weight is 585 g/mol. The molecule has 0 bridgehead atoms. The molecule has 3 aromatic rings. The lowest BCUT2D eigenvalue weighted by Gasteiger charge is -2.38. The Morgan fingerprint density at radius 3 is 2.00 bits per heavy atom. The van der Waals surface area contributed by atoms with Gasteiger partial charge in [0.2, 0.25) is 5.89 Å². The van der Waals surface area contributed by atoms with E-state index in [-0.39, 0.29) is 13.2 Å². The minimum atomic E-state index is -6.76. The molecule has 220 valence electrons. The molecule has 1 heterocycles. The number of rotatable bonds is 11. The van der Waals surface area contributed by atoms with Crippen LogP contribution in [0.15, 0.2) is 46.9 Å². The molecule has 0 aliphatic carbocycles. The average Bonchev–Trinajstić information content (AvgIpc) is 3.24. The standard InChI is InChI=1S/C25H24F9N3O3/c1-37(2)17-6-3-16(4-7-17)5-10-21-36-19-9-8-18(15-20(19)40-21)38-13-11-35-12-14-39-22(23(26,27)28,24(29,30)31)25(32,33)34/h3-10,15,35H,11-14H2,1-2H3/b10-5+. The van der Waals surface area contributed by atoms with Gasteiger partial charge in [0.05, 0.1) is 6.61 Å². The molecule has 1 aromatic heterocycles. The maximum Gasteiger partial charge on any atom is 0.435 e. The highest BCUT2D eigenvalue weighted by atomic mass is 19.4. The molecular weight excluding hydrogens is 561 g/mol. The zero-order chi connectivity index (χ0) is 29.8. The Morgan fingerprint density at radius 2 is 1.43 bits per heavy atom. The summed E-state index contributed by atoms with van der Waals surface area (Å²) >= 11 is 0. The Labute approximate surface area is 222 Å².